The maximum atomic E-state index is 14.6. The molecule has 0 saturated heterocycles. The Bertz CT molecular complexity index is 1420. The third-order valence-corrected chi connectivity index (χ3v) is 7.15. The van der Waals surface area contributed by atoms with Crippen molar-refractivity contribution in [2.75, 3.05) is 6.61 Å². The van der Waals surface area contributed by atoms with Gasteiger partial charge in [0.2, 0.25) is 11.8 Å². The Labute approximate surface area is 221 Å². The Balaban J connectivity index is 1.33. The van der Waals surface area contributed by atoms with Crippen molar-refractivity contribution in [3.8, 4) is 22.9 Å². The average Bonchev–Trinajstić information content (AvgIpc) is 3.44. The van der Waals surface area contributed by atoms with Gasteiger partial charge in [-0.05, 0) is 55.0 Å². The van der Waals surface area contributed by atoms with Gasteiger partial charge in [-0.3, -0.25) is 4.79 Å². The van der Waals surface area contributed by atoms with E-state index < -0.39 is 29.1 Å². The lowest BCUT2D eigenvalue weighted by molar-refractivity contribution is -0.139. The van der Waals surface area contributed by atoms with Crippen LogP contribution in [-0.2, 0) is 24.0 Å². The number of hydrogen-bond donors (Lipinski definition) is 2. The molecular formula is C28H26F4N2O5. The summed E-state index contributed by atoms with van der Waals surface area (Å²) in [6.45, 7) is 2.82. The molecule has 2 aliphatic rings. The summed E-state index contributed by atoms with van der Waals surface area (Å²) in [6.07, 6.45) is -1.33. The Morgan fingerprint density at radius 1 is 1.08 bits per heavy atom. The first kappa shape index (κ1) is 26.9. The lowest BCUT2D eigenvalue weighted by Gasteiger charge is -2.18. The molecule has 2 heterocycles. The summed E-state index contributed by atoms with van der Waals surface area (Å²) in [5.74, 6) is -1.86. The number of rotatable bonds is 9. The van der Waals surface area contributed by atoms with Gasteiger partial charge in [-0.2, -0.15) is 13.2 Å². The van der Waals surface area contributed by atoms with Gasteiger partial charge in [0.15, 0.2) is 0 Å². The molecule has 3 unspecified atom stereocenters. The van der Waals surface area contributed by atoms with E-state index in [9.17, 15) is 32.6 Å². The van der Waals surface area contributed by atoms with Crippen LogP contribution >= 0.6 is 0 Å². The normalized spacial score (nSPS) is 19.8. The van der Waals surface area contributed by atoms with Crippen LogP contribution in [0.15, 0.2) is 42.7 Å². The number of carboxylic acids is 1. The predicted octanol–water partition coefficient (Wildman–Crippen LogP) is 5.39. The largest absolute Gasteiger partial charge is 0.481 e. The van der Waals surface area contributed by atoms with Crippen molar-refractivity contribution >= 4 is 5.97 Å². The summed E-state index contributed by atoms with van der Waals surface area (Å²) < 4.78 is 67.3. The number of aliphatic hydroxyl groups is 1. The summed E-state index contributed by atoms with van der Waals surface area (Å²) in [7, 11) is 0. The summed E-state index contributed by atoms with van der Waals surface area (Å²) in [5, 5.41) is 19.0. The molecule has 5 rings (SSSR count). The molecule has 7 nitrogen and oxygen atoms in total. The minimum absolute atomic E-state index is 0.0244. The van der Waals surface area contributed by atoms with Crippen LogP contribution in [0.2, 0.25) is 0 Å². The topological polar surface area (TPSA) is 102 Å². The highest BCUT2D eigenvalue weighted by Gasteiger charge is 2.59. The van der Waals surface area contributed by atoms with Crippen molar-refractivity contribution in [1.82, 2.24) is 9.97 Å². The number of aromatic nitrogens is 2. The van der Waals surface area contributed by atoms with E-state index in [1.807, 2.05) is 0 Å². The molecule has 0 radical (unpaired) electrons. The van der Waals surface area contributed by atoms with Gasteiger partial charge in [0.05, 0.1) is 23.7 Å². The molecular weight excluding hydrogens is 520 g/mol. The Morgan fingerprint density at radius 3 is 2.49 bits per heavy atom. The highest BCUT2D eigenvalue weighted by atomic mass is 19.4. The third-order valence-electron chi connectivity index (χ3n) is 7.15. The molecule has 1 saturated carbocycles. The fourth-order valence-electron chi connectivity index (χ4n) is 5.07. The summed E-state index contributed by atoms with van der Waals surface area (Å²) in [4.78, 5) is 19.5. The van der Waals surface area contributed by atoms with Crippen molar-refractivity contribution in [1.29, 1.82) is 0 Å². The van der Waals surface area contributed by atoms with Gasteiger partial charge < -0.3 is 19.7 Å². The van der Waals surface area contributed by atoms with Gasteiger partial charge in [-0.1, -0.05) is 6.07 Å². The summed E-state index contributed by atoms with van der Waals surface area (Å²) in [5.41, 5.74) is -0.338. The molecule has 0 amide bonds. The maximum Gasteiger partial charge on any atom is 0.417 e. The molecule has 11 heteroatoms. The molecule has 1 aromatic carbocycles. The molecule has 2 aromatic heterocycles. The van der Waals surface area contributed by atoms with E-state index in [1.54, 1.807) is 26.1 Å². The first-order chi connectivity index (χ1) is 18.3. The zero-order valence-electron chi connectivity index (χ0n) is 21.1. The highest BCUT2D eigenvalue weighted by Crippen LogP contribution is 2.61. The van der Waals surface area contributed by atoms with Gasteiger partial charge in [0.25, 0.3) is 0 Å². The SMILES string of the molecule is CC(C)(O)CCOc1cc(C(F)(F)F)c(-c2ccc(F)c(COc3cc4c(cn3)C3C(C4)C3C(=O)O)c2)cn1. The molecule has 206 valence electrons. The van der Waals surface area contributed by atoms with E-state index in [1.165, 1.54) is 12.1 Å². The Hall–Kier alpha value is -3.73. The van der Waals surface area contributed by atoms with E-state index >= 15 is 0 Å². The summed E-state index contributed by atoms with van der Waals surface area (Å²) in [6, 6.07) is 6.06. The Morgan fingerprint density at radius 2 is 1.79 bits per heavy atom. The number of aliphatic carboxylic acids is 1. The van der Waals surface area contributed by atoms with Gasteiger partial charge in [0.1, 0.15) is 12.4 Å². The number of benzene rings is 1. The number of ether oxygens (including phenoxy) is 2. The van der Waals surface area contributed by atoms with Crippen molar-refractivity contribution in [3.63, 3.8) is 0 Å². The number of hydrogen-bond acceptors (Lipinski definition) is 6. The van der Waals surface area contributed by atoms with Crippen LogP contribution in [0.1, 0.15) is 48.4 Å². The number of pyridine rings is 2. The Kier molecular flexibility index (Phi) is 6.74. The third kappa shape index (κ3) is 5.68. The van der Waals surface area contributed by atoms with Gasteiger partial charge in [0, 0.05) is 48.0 Å². The first-order valence-corrected chi connectivity index (χ1v) is 12.4. The zero-order chi connectivity index (χ0) is 28.1. The second-order valence-corrected chi connectivity index (χ2v) is 10.6. The highest BCUT2D eigenvalue weighted by molar-refractivity contribution is 5.77. The number of fused-ring (bicyclic) bond motifs is 3. The molecule has 2 N–H and O–H groups in total. The van der Waals surface area contributed by atoms with Crippen molar-refractivity contribution in [2.24, 2.45) is 11.8 Å². The van der Waals surface area contributed by atoms with E-state index in [2.05, 4.69) is 9.97 Å². The molecule has 39 heavy (non-hydrogen) atoms. The second-order valence-electron chi connectivity index (χ2n) is 10.6. The number of halogens is 4. The van der Waals surface area contributed by atoms with Crippen LogP contribution in [0.3, 0.4) is 0 Å². The van der Waals surface area contributed by atoms with Crippen LogP contribution in [0.4, 0.5) is 17.6 Å². The van der Waals surface area contributed by atoms with E-state index in [-0.39, 0.29) is 65.8 Å². The van der Waals surface area contributed by atoms with E-state index in [0.29, 0.717) is 6.42 Å². The number of alkyl halides is 3. The smallest absolute Gasteiger partial charge is 0.417 e. The molecule has 0 spiro atoms. The minimum Gasteiger partial charge on any atom is -0.481 e. The van der Waals surface area contributed by atoms with Crippen molar-refractivity contribution < 1.29 is 42.0 Å². The van der Waals surface area contributed by atoms with Crippen LogP contribution in [0.25, 0.3) is 11.1 Å². The maximum absolute atomic E-state index is 14.6. The lowest BCUT2D eigenvalue weighted by atomic mass is 9.99. The quantitative estimate of drug-likeness (QED) is 0.347. The van der Waals surface area contributed by atoms with E-state index in [0.717, 1.165) is 29.5 Å². The summed E-state index contributed by atoms with van der Waals surface area (Å²) >= 11 is 0. The lowest BCUT2D eigenvalue weighted by Crippen LogP contribution is -2.22. The molecule has 1 fully saturated rings. The van der Waals surface area contributed by atoms with Crippen LogP contribution in [-0.4, -0.2) is 38.4 Å². The molecule has 2 aliphatic carbocycles. The fraction of sp³-hybridized carbons (Fsp3) is 0.393. The van der Waals surface area contributed by atoms with Crippen LogP contribution in [0.5, 0.6) is 11.8 Å². The van der Waals surface area contributed by atoms with Crippen molar-refractivity contribution in [2.45, 2.75) is 51.0 Å². The molecule has 3 atom stereocenters. The van der Waals surface area contributed by atoms with Crippen molar-refractivity contribution in [3.05, 3.63) is 70.8 Å². The van der Waals surface area contributed by atoms with Gasteiger partial charge >= 0.3 is 12.1 Å². The number of carbonyl (C=O) groups is 1. The van der Waals surface area contributed by atoms with Crippen LogP contribution in [0, 0.1) is 17.7 Å². The van der Waals surface area contributed by atoms with E-state index in [4.69, 9.17) is 9.47 Å². The predicted molar refractivity (Wildman–Crippen MR) is 131 cm³/mol. The van der Waals surface area contributed by atoms with Gasteiger partial charge in [-0.25, -0.2) is 14.4 Å². The standard InChI is InChI=1S/C28H26F4N2O5/c1-27(2,37)5-6-38-23-10-20(28(30,31)32)18(11-33-23)14-3-4-21(29)16(7-14)13-39-22-9-15-8-17-24(19(15)12-34-22)25(17)26(35)36/h3-4,7,9-12,17,24-25,37H,5-6,8,13H2,1-2H3,(H,35,36). The molecule has 0 aliphatic heterocycles. The first-order valence-electron chi connectivity index (χ1n) is 12.4. The van der Waals surface area contributed by atoms with Gasteiger partial charge in [-0.15, -0.1) is 0 Å². The zero-order valence-corrected chi connectivity index (χ0v) is 21.1. The number of carboxylic acid groups (broad SMARTS) is 1. The molecule has 0 bridgehead atoms. The minimum atomic E-state index is -4.73. The monoisotopic (exact) mass is 546 g/mol. The average molecular weight is 547 g/mol. The second kappa shape index (κ2) is 9.78. The fourth-order valence-corrected chi connectivity index (χ4v) is 5.07. The number of nitrogens with zero attached hydrogens (tertiary/aromatic N) is 2. The molecule has 3 aromatic rings. The van der Waals surface area contributed by atoms with Crippen LogP contribution < -0.4 is 9.47 Å².